The van der Waals surface area contributed by atoms with E-state index in [1.807, 2.05) is 18.2 Å². The zero-order chi connectivity index (χ0) is 25.5. The fraction of sp³-hybridized carbons (Fsp3) is 0.552. The molecule has 3 aliphatic rings. The fourth-order valence-electron chi connectivity index (χ4n) is 5.94. The van der Waals surface area contributed by atoms with Crippen LogP contribution in [-0.2, 0) is 9.57 Å². The quantitative estimate of drug-likeness (QED) is 0.204. The molecule has 0 spiro atoms. The number of rotatable bonds is 9. The van der Waals surface area contributed by atoms with Gasteiger partial charge in [0.1, 0.15) is 0 Å². The van der Waals surface area contributed by atoms with E-state index in [0.29, 0.717) is 18.1 Å². The summed E-state index contributed by atoms with van der Waals surface area (Å²) in [7, 11) is 1.66. The van der Waals surface area contributed by atoms with Crippen LogP contribution >= 0.6 is 0 Å². The highest BCUT2D eigenvalue weighted by Crippen LogP contribution is 2.40. The third-order valence-corrected chi connectivity index (χ3v) is 7.86. The second-order valence-corrected chi connectivity index (χ2v) is 10.2. The van der Waals surface area contributed by atoms with Crippen molar-refractivity contribution in [1.82, 2.24) is 0 Å². The van der Waals surface area contributed by atoms with Gasteiger partial charge in [0, 0.05) is 23.2 Å². The Hall–Kier alpha value is -3.22. The van der Waals surface area contributed by atoms with Crippen molar-refractivity contribution in [3.05, 3.63) is 70.1 Å². The van der Waals surface area contributed by atoms with Crippen LogP contribution in [0.1, 0.15) is 80.8 Å². The Bertz CT molecular complexity index is 1110. The molecular formula is C29H36N4O4. The SMILES string of the molecule is COc1ccc([C@@H]2C[C@@H](O[C@H]3CCCC[C@@H]3c3ccccc3)ON=C2CN=[N+]=[N-])cc1OC1CCCC1. The van der Waals surface area contributed by atoms with Gasteiger partial charge in [-0.3, -0.25) is 0 Å². The van der Waals surface area contributed by atoms with Gasteiger partial charge in [-0.2, -0.15) is 0 Å². The molecule has 0 N–H and O–H groups in total. The van der Waals surface area contributed by atoms with Crippen LogP contribution in [0.5, 0.6) is 11.5 Å². The van der Waals surface area contributed by atoms with Crippen molar-refractivity contribution >= 4 is 5.71 Å². The molecule has 8 nitrogen and oxygen atoms in total. The maximum Gasteiger partial charge on any atom is 0.228 e. The summed E-state index contributed by atoms with van der Waals surface area (Å²) in [6.45, 7) is 0.148. The first-order valence-electron chi connectivity index (χ1n) is 13.5. The van der Waals surface area contributed by atoms with E-state index in [9.17, 15) is 0 Å². The minimum atomic E-state index is -0.476. The highest BCUT2D eigenvalue weighted by Gasteiger charge is 2.35. The van der Waals surface area contributed by atoms with Gasteiger partial charge in [-0.1, -0.05) is 59.5 Å². The Balaban J connectivity index is 1.37. The average Bonchev–Trinajstić information content (AvgIpc) is 3.46. The molecule has 0 bridgehead atoms. The summed E-state index contributed by atoms with van der Waals surface area (Å²) in [5.41, 5.74) is 12.0. The van der Waals surface area contributed by atoms with Crippen molar-refractivity contribution in [3.63, 3.8) is 0 Å². The molecule has 2 aromatic carbocycles. The maximum atomic E-state index is 8.93. The highest BCUT2D eigenvalue weighted by atomic mass is 16.8. The molecule has 0 radical (unpaired) electrons. The van der Waals surface area contributed by atoms with Gasteiger partial charge >= 0.3 is 0 Å². The lowest BCUT2D eigenvalue weighted by molar-refractivity contribution is -0.190. The Morgan fingerprint density at radius 3 is 2.54 bits per heavy atom. The minimum Gasteiger partial charge on any atom is -0.493 e. The number of nitrogens with zero attached hydrogens (tertiary/aromatic N) is 4. The number of hydrogen-bond donors (Lipinski definition) is 0. The number of benzene rings is 2. The molecule has 4 atom stereocenters. The van der Waals surface area contributed by atoms with Gasteiger partial charge < -0.3 is 19.0 Å². The molecule has 196 valence electrons. The topological polar surface area (TPSA) is 98.0 Å². The molecule has 1 aliphatic heterocycles. The number of hydrogen-bond acceptors (Lipinski definition) is 6. The summed E-state index contributed by atoms with van der Waals surface area (Å²) in [6, 6.07) is 16.6. The zero-order valence-electron chi connectivity index (χ0n) is 21.5. The molecule has 0 saturated heterocycles. The van der Waals surface area contributed by atoms with E-state index in [-0.39, 0.29) is 24.7 Å². The number of azide groups is 1. The molecule has 0 aromatic heterocycles. The molecule has 2 fully saturated rings. The fourth-order valence-corrected chi connectivity index (χ4v) is 5.94. The Kier molecular flexibility index (Phi) is 8.49. The second kappa shape index (κ2) is 12.3. The molecule has 5 rings (SSSR count). The summed E-state index contributed by atoms with van der Waals surface area (Å²) < 4.78 is 18.5. The number of ether oxygens (including phenoxy) is 3. The minimum absolute atomic E-state index is 0.0767. The lowest BCUT2D eigenvalue weighted by Crippen LogP contribution is -2.36. The van der Waals surface area contributed by atoms with E-state index < -0.39 is 6.29 Å². The molecule has 1 heterocycles. The van der Waals surface area contributed by atoms with Crippen LogP contribution < -0.4 is 9.47 Å². The standard InChI is InChI=1S/C29H36N4O4/c1-34-27-16-15-21(17-28(27)35-22-11-5-6-12-22)24-18-29(37-32-25(24)19-31-33-30)36-26-14-8-7-13-23(26)20-9-3-2-4-10-20/h2-4,9-10,15-17,22-24,26,29H,5-8,11-14,18-19H2,1H3/t23-,24+,26+,29+/m1/s1. The average molecular weight is 505 g/mol. The lowest BCUT2D eigenvalue weighted by atomic mass is 9.81. The normalized spacial score (nSPS) is 26.0. The second-order valence-electron chi connectivity index (χ2n) is 10.2. The Morgan fingerprint density at radius 1 is 0.973 bits per heavy atom. The summed E-state index contributed by atoms with van der Waals surface area (Å²) >= 11 is 0. The van der Waals surface area contributed by atoms with Crippen molar-refractivity contribution in [2.24, 2.45) is 10.3 Å². The summed E-state index contributed by atoms with van der Waals surface area (Å²) in [4.78, 5) is 8.78. The van der Waals surface area contributed by atoms with Crippen LogP contribution in [0, 0.1) is 0 Å². The van der Waals surface area contributed by atoms with E-state index in [2.05, 4.69) is 45.5 Å². The van der Waals surface area contributed by atoms with E-state index in [0.717, 1.165) is 49.2 Å². The van der Waals surface area contributed by atoms with Crippen molar-refractivity contribution < 1.29 is 19.0 Å². The van der Waals surface area contributed by atoms with Crippen molar-refractivity contribution in [1.29, 1.82) is 0 Å². The van der Waals surface area contributed by atoms with E-state index in [4.69, 9.17) is 24.6 Å². The highest BCUT2D eigenvalue weighted by molar-refractivity contribution is 5.93. The van der Waals surface area contributed by atoms with Gasteiger partial charge in [0.05, 0.1) is 31.6 Å². The van der Waals surface area contributed by atoms with Crippen LogP contribution in [0.25, 0.3) is 10.4 Å². The summed E-state index contributed by atoms with van der Waals surface area (Å²) in [6.07, 6.45) is 9.39. The largest absolute Gasteiger partial charge is 0.493 e. The van der Waals surface area contributed by atoms with Gasteiger partial charge in [0.2, 0.25) is 6.29 Å². The Morgan fingerprint density at radius 2 is 1.76 bits per heavy atom. The molecule has 2 saturated carbocycles. The van der Waals surface area contributed by atoms with Gasteiger partial charge in [-0.15, -0.1) is 0 Å². The van der Waals surface area contributed by atoms with E-state index >= 15 is 0 Å². The van der Waals surface area contributed by atoms with Crippen molar-refractivity contribution in [2.75, 3.05) is 13.7 Å². The third kappa shape index (κ3) is 6.20. The van der Waals surface area contributed by atoms with E-state index in [1.54, 1.807) is 7.11 Å². The molecule has 0 amide bonds. The van der Waals surface area contributed by atoms with Gasteiger partial charge in [-0.05, 0) is 67.3 Å². The maximum absolute atomic E-state index is 8.93. The first-order chi connectivity index (χ1) is 18.2. The van der Waals surface area contributed by atoms with Crippen LogP contribution in [0.15, 0.2) is 58.8 Å². The van der Waals surface area contributed by atoms with Crippen LogP contribution in [0.4, 0.5) is 0 Å². The summed E-state index contributed by atoms with van der Waals surface area (Å²) in [5, 5.41) is 8.18. The van der Waals surface area contributed by atoms with Crippen LogP contribution in [0.3, 0.4) is 0 Å². The van der Waals surface area contributed by atoms with Gasteiger partial charge in [-0.25, -0.2) is 0 Å². The van der Waals surface area contributed by atoms with Crippen LogP contribution in [0.2, 0.25) is 0 Å². The molecule has 8 heteroatoms. The number of methoxy groups -OCH3 is 1. The van der Waals surface area contributed by atoms with Gasteiger partial charge in [0.25, 0.3) is 0 Å². The van der Waals surface area contributed by atoms with E-state index in [1.165, 1.54) is 24.8 Å². The predicted molar refractivity (Wildman–Crippen MR) is 142 cm³/mol. The smallest absolute Gasteiger partial charge is 0.228 e. The molecule has 2 aromatic rings. The Labute approximate surface area is 218 Å². The zero-order valence-corrected chi connectivity index (χ0v) is 21.5. The molecule has 2 aliphatic carbocycles. The van der Waals surface area contributed by atoms with Gasteiger partial charge in [0.15, 0.2) is 11.5 Å². The molecule has 0 unspecified atom stereocenters. The first kappa shape index (κ1) is 25.4. The monoisotopic (exact) mass is 504 g/mol. The number of oxime groups is 1. The molecule has 37 heavy (non-hydrogen) atoms. The van der Waals surface area contributed by atoms with Crippen molar-refractivity contribution in [3.8, 4) is 11.5 Å². The van der Waals surface area contributed by atoms with Crippen LogP contribution in [-0.4, -0.2) is 37.9 Å². The predicted octanol–water partition coefficient (Wildman–Crippen LogP) is 7.26. The summed E-state index contributed by atoms with van der Waals surface area (Å²) in [5.74, 6) is 1.70. The third-order valence-electron chi connectivity index (χ3n) is 7.86. The molecular weight excluding hydrogens is 468 g/mol. The lowest BCUT2D eigenvalue weighted by Gasteiger charge is -2.36. The first-order valence-corrected chi connectivity index (χ1v) is 13.5. The van der Waals surface area contributed by atoms with Crippen molar-refractivity contribution in [2.45, 2.75) is 88.1 Å².